The molecule has 0 amide bonds. The van der Waals surface area contributed by atoms with E-state index in [4.69, 9.17) is 29.9 Å². The largest absolute Gasteiger partial charge is 0.309 e. The van der Waals surface area contributed by atoms with Crippen LogP contribution in [0.25, 0.3) is 189 Å². The molecule has 20 rings (SSSR count). The van der Waals surface area contributed by atoms with Crippen molar-refractivity contribution in [2.24, 2.45) is 0 Å². The lowest BCUT2D eigenvalue weighted by atomic mass is 9.94. The summed E-state index contributed by atoms with van der Waals surface area (Å²) in [7, 11) is 0. The van der Waals surface area contributed by atoms with E-state index in [-0.39, 0.29) is 0 Å². The van der Waals surface area contributed by atoms with Crippen molar-refractivity contribution in [3.63, 3.8) is 0 Å². The number of nitrogens with zero attached hydrogens (tertiary/aromatic N) is 8. The number of aromatic nitrogens is 8. The van der Waals surface area contributed by atoms with Gasteiger partial charge in [0.15, 0.2) is 34.9 Å². The van der Waals surface area contributed by atoms with Gasteiger partial charge in [0.2, 0.25) is 0 Å². The normalized spacial score (nSPS) is 11.4. The first kappa shape index (κ1) is 62.6. The number of fused-ring (bicyclic) bond motifs is 8. The molecule has 0 fully saturated rings. The van der Waals surface area contributed by atoms with Crippen LogP contribution < -0.4 is 0 Å². The highest BCUT2D eigenvalue weighted by Gasteiger charge is 2.22. The van der Waals surface area contributed by atoms with Crippen molar-refractivity contribution in [1.82, 2.24) is 39.0 Å². The third-order valence-electron chi connectivity index (χ3n) is 20.1. The van der Waals surface area contributed by atoms with Crippen LogP contribution in [0.5, 0.6) is 0 Å². The van der Waals surface area contributed by atoms with Crippen LogP contribution in [0.4, 0.5) is 0 Å². The Hall–Kier alpha value is -14.3. The molecule has 8 heteroatoms. The summed E-state index contributed by atoms with van der Waals surface area (Å²) in [5.74, 6) is 3.92. The van der Waals surface area contributed by atoms with Crippen LogP contribution in [0.1, 0.15) is 0 Å². The van der Waals surface area contributed by atoms with Crippen LogP contribution in [-0.2, 0) is 0 Å². The quantitative estimate of drug-likeness (QED) is 0.121. The first-order valence-corrected chi connectivity index (χ1v) is 35.7. The number of rotatable bonds is 12. The van der Waals surface area contributed by atoms with Crippen LogP contribution in [0.3, 0.4) is 0 Å². The van der Waals surface area contributed by atoms with Crippen molar-refractivity contribution >= 4 is 65.2 Å². The predicted molar refractivity (Wildman–Crippen MR) is 438 cm³/mol. The molecule has 0 aliphatic carbocycles. The molecule has 0 bridgehead atoms. The van der Waals surface area contributed by atoms with Crippen LogP contribution in [0.15, 0.2) is 388 Å². The molecule has 8 nitrogen and oxygen atoms in total. The average Bonchev–Trinajstić information content (AvgIpc) is 1.56. The molecule has 0 saturated heterocycles. The van der Waals surface area contributed by atoms with E-state index in [0.29, 0.717) is 34.9 Å². The van der Waals surface area contributed by atoms with Gasteiger partial charge in [0.1, 0.15) is 0 Å². The lowest BCUT2D eigenvalue weighted by Gasteiger charge is -2.12. The summed E-state index contributed by atoms with van der Waals surface area (Å²) in [4.78, 5) is 29.8. The smallest absolute Gasteiger partial charge is 0.164 e. The highest BCUT2D eigenvalue weighted by atomic mass is 15.0. The molecule has 0 radical (unpaired) electrons. The Bertz CT molecular complexity index is 6530. The van der Waals surface area contributed by atoms with Gasteiger partial charge in [-0.1, -0.05) is 309 Å². The summed E-state index contributed by atoms with van der Waals surface area (Å²) in [5, 5.41) is 9.42. The molecule has 0 N–H and O–H groups in total. The SMILES string of the molecule is c1ccc(-c2ccc3c(c2)c2c(-c4ccc5c(-c6nc(-c7ccccc7)nc(-c7ccccc7)n6)cccc5c4)cccc2n3-c2ccccc2)cc1.c1ccc(-c2ccc3c(c2)c2c(-c4ccc5cc(-c6nc(-c7ccccc7)nc(-c7ccccc7)n6)ccc5c4)cccc2n3-c2ccccc2)cc1. The third-order valence-corrected chi connectivity index (χ3v) is 20.1. The summed E-state index contributed by atoms with van der Waals surface area (Å²) < 4.78 is 4.77. The van der Waals surface area contributed by atoms with Crippen molar-refractivity contribution in [1.29, 1.82) is 0 Å². The summed E-state index contributed by atoms with van der Waals surface area (Å²) >= 11 is 0. The molecule has 0 unspecified atom stereocenters. The minimum absolute atomic E-state index is 0.649. The molecular formula is C98H64N8. The van der Waals surface area contributed by atoms with E-state index in [0.717, 1.165) is 71.9 Å². The Morgan fingerprint density at radius 3 is 0.887 bits per heavy atom. The fraction of sp³-hybridized carbons (Fsp3) is 0. The first-order valence-electron chi connectivity index (χ1n) is 35.7. The Kier molecular flexibility index (Phi) is 16.1. The van der Waals surface area contributed by atoms with Gasteiger partial charge >= 0.3 is 0 Å². The van der Waals surface area contributed by atoms with Gasteiger partial charge in [-0.2, -0.15) is 0 Å². The average molecular weight is 1350 g/mol. The van der Waals surface area contributed by atoms with Gasteiger partial charge in [-0.05, 0) is 145 Å². The maximum atomic E-state index is 5.04. The molecule has 496 valence electrons. The van der Waals surface area contributed by atoms with E-state index < -0.39 is 0 Å². The molecule has 0 aliphatic rings. The van der Waals surface area contributed by atoms with Gasteiger partial charge in [0.25, 0.3) is 0 Å². The number of hydrogen-bond acceptors (Lipinski definition) is 6. The summed E-state index contributed by atoms with van der Waals surface area (Å²) in [6.45, 7) is 0. The maximum Gasteiger partial charge on any atom is 0.164 e. The zero-order chi connectivity index (χ0) is 70.3. The monoisotopic (exact) mass is 1350 g/mol. The van der Waals surface area contributed by atoms with E-state index in [9.17, 15) is 0 Å². The Balaban J connectivity index is 0.000000145. The highest BCUT2D eigenvalue weighted by Crippen LogP contribution is 2.44. The first-order chi connectivity index (χ1) is 52.5. The van der Waals surface area contributed by atoms with Crippen LogP contribution >= 0.6 is 0 Å². The molecule has 0 aliphatic heterocycles. The molecule has 0 saturated carbocycles. The maximum absolute atomic E-state index is 5.04. The molecule has 4 aromatic heterocycles. The molecule has 0 atom stereocenters. The van der Waals surface area contributed by atoms with Crippen molar-refractivity contribution in [3.8, 4) is 124 Å². The van der Waals surface area contributed by atoms with Crippen molar-refractivity contribution < 1.29 is 0 Å². The molecule has 0 spiro atoms. The number of para-hydroxylation sites is 2. The second kappa shape index (κ2) is 27.2. The van der Waals surface area contributed by atoms with Gasteiger partial charge in [0.05, 0.1) is 22.1 Å². The fourth-order valence-corrected chi connectivity index (χ4v) is 15.0. The van der Waals surface area contributed by atoms with E-state index >= 15 is 0 Å². The van der Waals surface area contributed by atoms with Crippen molar-refractivity contribution in [2.45, 2.75) is 0 Å². The molecular weight excluding hydrogens is 1290 g/mol. The lowest BCUT2D eigenvalue weighted by Crippen LogP contribution is -2.00. The highest BCUT2D eigenvalue weighted by molar-refractivity contribution is 6.19. The van der Waals surface area contributed by atoms with E-state index in [1.165, 1.54) is 82.6 Å². The van der Waals surface area contributed by atoms with E-state index in [1.54, 1.807) is 0 Å². The molecule has 20 aromatic rings. The molecule has 4 heterocycles. The van der Waals surface area contributed by atoms with Gasteiger partial charge < -0.3 is 9.13 Å². The Morgan fingerprint density at radius 1 is 0.160 bits per heavy atom. The van der Waals surface area contributed by atoms with Crippen LogP contribution in [-0.4, -0.2) is 39.0 Å². The molecule has 106 heavy (non-hydrogen) atoms. The van der Waals surface area contributed by atoms with E-state index in [2.05, 4.69) is 276 Å². The second-order valence-electron chi connectivity index (χ2n) is 26.5. The van der Waals surface area contributed by atoms with Crippen molar-refractivity contribution in [2.75, 3.05) is 0 Å². The zero-order valence-corrected chi connectivity index (χ0v) is 57.5. The predicted octanol–water partition coefficient (Wildman–Crippen LogP) is 24.9. The van der Waals surface area contributed by atoms with Crippen molar-refractivity contribution in [3.05, 3.63) is 388 Å². The topological polar surface area (TPSA) is 87.2 Å². The Labute approximate surface area is 612 Å². The minimum Gasteiger partial charge on any atom is -0.309 e. The second-order valence-corrected chi connectivity index (χ2v) is 26.5. The summed E-state index contributed by atoms with van der Waals surface area (Å²) in [6.07, 6.45) is 0. The summed E-state index contributed by atoms with van der Waals surface area (Å²) in [6, 6.07) is 136. The summed E-state index contributed by atoms with van der Waals surface area (Å²) in [5.41, 5.74) is 22.3. The van der Waals surface area contributed by atoms with Gasteiger partial charge in [-0.3, -0.25) is 0 Å². The fourth-order valence-electron chi connectivity index (χ4n) is 15.0. The number of benzene rings is 16. The number of hydrogen-bond donors (Lipinski definition) is 0. The van der Waals surface area contributed by atoms with Gasteiger partial charge in [-0.25, -0.2) is 29.9 Å². The lowest BCUT2D eigenvalue weighted by molar-refractivity contribution is 1.07. The van der Waals surface area contributed by atoms with Crippen LogP contribution in [0, 0.1) is 0 Å². The third kappa shape index (κ3) is 11.8. The zero-order valence-electron chi connectivity index (χ0n) is 57.5. The van der Waals surface area contributed by atoms with Gasteiger partial charge in [0, 0.05) is 66.3 Å². The van der Waals surface area contributed by atoms with Gasteiger partial charge in [-0.15, -0.1) is 0 Å². The van der Waals surface area contributed by atoms with E-state index in [1.807, 2.05) is 121 Å². The minimum atomic E-state index is 0.649. The Morgan fingerprint density at radius 2 is 0.472 bits per heavy atom. The standard InChI is InChI=1S/2C49H32N4/c1-5-15-33(16-6-1)36-28-30-44-43(32-36)46-41(24-14-26-45(46)53(44)39-22-11-4-12-23-39)38-27-29-40-37(31-38)21-13-25-42(40)49-51-47(34-17-7-2-8-18-34)50-48(52-49)35-19-9-3-10-20-35;1-5-14-33(15-6-1)38-28-29-44-43(32-38)46-42(22-13-23-45(46)53(44)41-20-11-4-12-21-41)39-26-24-37-31-40(27-25-36(37)30-39)49-51-47(34-16-7-2-8-17-34)50-48(52-49)35-18-9-3-10-19-35/h2*1-32H. The molecule has 16 aromatic carbocycles. The van der Waals surface area contributed by atoms with Crippen LogP contribution in [0.2, 0.25) is 0 Å².